The highest BCUT2D eigenvalue weighted by Crippen LogP contribution is 2.40. The van der Waals surface area contributed by atoms with Crippen molar-refractivity contribution in [3.8, 4) is 0 Å². The zero-order chi connectivity index (χ0) is 16.2. The molecule has 0 aliphatic carbocycles. The molecule has 1 aliphatic rings. The average molecular weight is 305 g/mol. The highest BCUT2D eigenvalue weighted by Gasteiger charge is 2.42. The van der Waals surface area contributed by atoms with E-state index in [-0.39, 0.29) is 17.7 Å². The first-order valence-electron chi connectivity index (χ1n) is 7.85. The largest absolute Gasteiger partial charge is 0.323 e. The van der Waals surface area contributed by atoms with Crippen LogP contribution in [-0.4, -0.2) is 16.6 Å². The minimum atomic E-state index is -0.139. The van der Waals surface area contributed by atoms with Gasteiger partial charge in [-0.3, -0.25) is 9.59 Å². The molecule has 1 unspecified atom stereocenters. The minimum Gasteiger partial charge on any atom is -0.323 e. The number of carbonyl (C=O) groups excluding carboxylic acids is 2. The molecule has 2 aromatic carbocycles. The molecule has 1 amide bonds. The molecule has 3 nitrogen and oxygen atoms in total. The van der Waals surface area contributed by atoms with Gasteiger partial charge in [0.15, 0.2) is 5.78 Å². The topological polar surface area (TPSA) is 37.4 Å². The molecule has 23 heavy (non-hydrogen) atoms. The van der Waals surface area contributed by atoms with Gasteiger partial charge < -0.3 is 4.90 Å². The van der Waals surface area contributed by atoms with E-state index in [0.29, 0.717) is 18.5 Å². The van der Waals surface area contributed by atoms with Crippen LogP contribution in [0.2, 0.25) is 0 Å². The lowest BCUT2D eigenvalue weighted by Crippen LogP contribution is -2.48. The van der Waals surface area contributed by atoms with E-state index in [2.05, 4.69) is 0 Å². The van der Waals surface area contributed by atoms with Gasteiger partial charge in [-0.1, -0.05) is 67.6 Å². The summed E-state index contributed by atoms with van der Waals surface area (Å²) in [5.74, 6) is -0.0573. The van der Waals surface area contributed by atoms with Gasteiger partial charge in [0.1, 0.15) is 0 Å². The van der Waals surface area contributed by atoms with Crippen LogP contribution in [0.1, 0.15) is 30.5 Å². The number of benzene rings is 2. The molecule has 1 heterocycles. The Labute approximate surface area is 136 Å². The number of likely N-dealkylation sites (tertiary alicyclic amines) is 1. The number of hydrogen-bond acceptors (Lipinski definition) is 2. The molecule has 0 aromatic heterocycles. The van der Waals surface area contributed by atoms with Crippen molar-refractivity contribution in [1.82, 2.24) is 4.90 Å². The molecule has 0 bridgehead atoms. The molecule has 116 valence electrons. The summed E-state index contributed by atoms with van der Waals surface area (Å²) in [5, 5.41) is 0. The van der Waals surface area contributed by atoms with Crippen molar-refractivity contribution in [3.63, 3.8) is 0 Å². The molecular formula is C20H19NO2. The second kappa shape index (κ2) is 6.61. The van der Waals surface area contributed by atoms with Crippen LogP contribution in [0.5, 0.6) is 0 Å². The molecule has 0 N–H and O–H groups in total. The smallest absolute Gasteiger partial charge is 0.253 e. The third-order valence-electron chi connectivity index (χ3n) is 4.09. The van der Waals surface area contributed by atoms with Gasteiger partial charge in [0.2, 0.25) is 0 Å². The molecule has 0 saturated carbocycles. The normalized spacial score (nSPS) is 18.8. The number of nitrogens with zero attached hydrogens (tertiary/aromatic N) is 1. The molecule has 2 aromatic rings. The predicted molar refractivity (Wildman–Crippen MR) is 89.6 cm³/mol. The molecule has 0 radical (unpaired) electrons. The van der Waals surface area contributed by atoms with Gasteiger partial charge >= 0.3 is 0 Å². The first kappa shape index (κ1) is 15.2. The Kier molecular flexibility index (Phi) is 4.38. The fraction of sp³-hybridized carbons (Fsp3) is 0.200. The Morgan fingerprint density at radius 2 is 1.65 bits per heavy atom. The fourth-order valence-corrected chi connectivity index (χ4v) is 2.86. The molecule has 1 fully saturated rings. The van der Waals surface area contributed by atoms with Gasteiger partial charge in [-0.15, -0.1) is 0 Å². The molecule has 1 atom stereocenters. The number of amides is 1. The summed E-state index contributed by atoms with van der Waals surface area (Å²) in [7, 11) is 0. The van der Waals surface area contributed by atoms with Crippen molar-refractivity contribution in [2.24, 2.45) is 0 Å². The summed E-state index contributed by atoms with van der Waals surface area (Å²) >= 11 is 0. The summed E-state index contributed by atoms with van der Waals surface area (Å²) in [6, 6.07) is 19.6. The quantitative estimate of drug-likeness (QED) is 0.624. The van der Waals surface area contributed by atoms with Crippen LogP contribution in [0.3, 0.4) is 0 Å². The van der Waals surface area contributed by atoms with E-state index in [1.807, 2.05) is 72.5 Å². The Morgan fingerprint density at radius 3 is 2.26 bits per heavy atom. The Morgan fingerprint density at radius 1 is 1.04 bits per heavy atom. The number of β-lactam (4-membered cyclic amide) rings is 1. The standard InChI is InChI=1S/C20H19NO2/c1-2-17(22)13-18-19(16-11-7-4-8-12-16)21(20(18)23)14-15-9-5-3-6-10-15/h3-13,19H,2,14H2,1H3. The number of carbonyl (C=O) groups is 2. The first-order chi connectivity index (χ1) is 11.2. The van der Waals surface area contributed by atoms with E-state index in [1.54, 1.807) is 0 Å². The fourth-order valence-electron chi connectivity index (χ4n) is 2.86. The molecule has 3 rings (SSSR count). The summed E-state index contributed by atoms with van der Waals surface area (Å²) < 4.78 is 0. The molecule has 1 aliphatic heterocycles. The van der Waals surface area contributed by atoms with Crippen molar-refractivity contribution < 1.29 is 9.59 Å². The molecule has 0 spiro atoms. The summed E-state index contributed by atoms with van der Waals surface area (Å²) in [6.07, 6.45) is 1.93. The number of hydrogen-bond donors (Lipinski definition) is 0. The van der Waals surface area contributed by atoms with Crippen LogP contribution in [0, 0.1) is 0 Å². The maximum Gasteiger partial charge on any atom is 0.253 e. The maximum absolute atomic E-state index is 12.5. The SMILES string of the molecule is CCC(=O)C=C1C(=O)N(Cc2ccccc2)C1c1ccccc1. The van der Waals surface area contributed by atoms with E-state index in [0.717, 1.165) is 11.1 Å². The van der Waals surface area contributed by atoms with Crippen molar-refractivity contribution in [1.29, 1.82) is 0 Å². The van der Waals surface area contributed by atoms with Gasteiger partial charge in [0.05, 0.1) is 6.04 Å². The van der Waals surface area contributed by atoms with E-state index < -0.39 is 0 Å². The van der Waals surface area contributed by atoms with E-state index in [1.165, 1.54) is 6.08 Å². The second-order valence-electron chi connectivity index (χ2n) is 5.65. The van der Waals surface area contributed by atoms with Crippen LogP contribution >= 0.6 is 0 Å². The molecule has 1 saturated heterocycles. The van der Waals surface area contributed by atoms with Gasteiger partial charge in [-0.2, -0.15) is 0 Å². The number of rotatable bonds is 5. The van der Waals surface area contributed by atoms with Crippen LogP contribution in [-0.2, 0) is 16.1 Å². The van der Waals surface area contributed by atoms with Crippen molar-refractivity contribution in [3.05, 3.63) is 83.4 Å². The van der Waals surface area contributed by atoms with Crippen LogP contribution in [0.25, 0.3) is 0 Å². The van der Waals surface area contributed by atoms with Crippen molar-refractivity contribution in [2.75, 3.05) is 0 Å². The summed E-state index contributed by atoms with van der Waals surface area (Å²) in [5.41, 5.74) is 2.72. The summed E-state index contributed by atoms with van der Waals surface area (Å²) in [6.45, 7) is 2.36. The zero-order valence-corrected chi connectivity index (χ0v) is 13.1. The van der Waals surface area contributed by atoms with Crippen LogP contribution in [0.15, 0.2) is 72.3 Å². The van der Waals surface area contributed by atoms with E-state index in [4.69, 9.17) is 0 Å². The monoisotopic (exact) mass is 305 g/mol. The lowest BCUT2D eigenvalue weighted by Gasteiger charge is -2.43. The van der Waals surface area contributed by atoms with Crippen molar-refractivity contribution in [2.45, 2.75) is 25.9 Å². The van der Waals surface area contributed by atoms with Crippen LogP contribution < -0.4 is 0 Å². The average Bonchev–Trinajstić information content (AvgIpc) is 2.61. The molecular weight excluding hydrogens is 286 g/mol. The lowest BCUT2D eigenvalue weighted by molar-refractivity contribution is -0.138. The Balaban J connectivity index is 1.91. The van der Waals surface area contributed by atoms with Crippen molar-refractivity contribution >= 4 is 11.7 Å². The number of allylic oxidation sites excluding steroid dienone is 1. The zero-order valence-electron chi connectivity index (χ0n) is 13.1. The highest BCUT2D eigenvalue weighted by atomic mass is 16.2. The number of ketones is 1. The van der Waals surface area contributed by atoms with E-state index in [9.17, 15) is 9.59 Å². The third-order valence-corrected chi connectivity index (χ3v) is 4.09. The van der Waals surface area contributed by atoms with E-state index >= 15 is 0 Å². The second-order valence-corrected chi connectivity index (χ2v) is 5.65. The lowest BCUT2D eigenvalue weighted by atomic mass is 9.86. The Hall–Kier alpha value is -2.68. The maximum atomic E-state index is 12.5. The Bertz CT molecular complexity index is 735. The first-order valence-corrected chi connectivity index (χ1v) is 7.85. The van der Waals surface area contributed by atoms with Gasteiger partial charge in [-0.05, 0) is 17.2 Å². The summed E-state index contributed by atoms with van der Waals surface area (Å²) in [4.78, 5) is 26.1. The van der Waals surface area contributed by atoms with Gasteiger partial charge in [0.25, 0.3) is 5.91 Å². The highest BCUT2D eigenvalue weighted by molar-refractivity contribution is 6.07. The van der Waals surface area contributed by atoms with Crippen LogP contribution in [0.4, 0.5) is 0 Å². The molecule has 3 heteroatoms. The minimum absolute atomic E-state index is 0.00589. The third kappa shape index (κ3) is 3.09. The predicted octanol–water partition coefficient (Wildman–Crippen LogP) is 3.68. The van der Waals surface area contributed by atoms with Gasteiger partial charge in [0, 0.05) is 18.5 Å². The van der Waals surface area contributed by atoms with Gasteiger partial charge in [-0.25, -0.2) is 0 Å².